The number of nitrogens with two attached hydrogens (primary N) is 1. The topological polar surface area (TPSA) is 54.1 Å². The number of rotatable bonds is 3. The molecule has 4 heterocycles. The van der Waals surface area contributed by atoms with Gasteiger partial charge in [0.25, 0.3) is 0 Å². The van der Waals surface area contributed by atoms with Gasteiger partial charge in [-0.05, 0) is 31.8 Å². The first-order valence-corrected chi connectivity index (χ1v) is 6.55. The molecule has 17 heavy (non-hydrogen) atoms. The van der Waals surface area contributed by atoms with Crippen molar-refractivity contribution in [3.05, 3.63) is 0 Å². The maximum Gasteiger partial charge on any atom is 0.192 e. The fraction of sp³-hybridized carbons (Fsp3) is 0.917. The molecule has 4 rings (SSSR count). The monoisotopic (exact) mass is 238 g/mol. The molecular weight excluding hydrogens is 216 g/mol. The lowest BCUT2D eigenvalue weighted by Gasteiger charge is -2.55. The van der Waals surface area contributed by atoms with Crippen LogP contribution in [0.4, 0.5) is 0 Å². The molecular formula is C12H22N4O. The molecule has 5 heteroatoms. The van der Waals surface area contributed by atoms with Gasteiger partial charge >= 0.3 is 0 Å². The Morgan fingerprint density at radius 1 is 1.47 bits per heavy atom. The zero-order valence-corrected chi connectivity index (χ0v) is 10.6. The molecule has 4 aliphatic rings. The maximum atomic E-state index is 6.06. The van der Waals surface area contributed by atoms with Gasteiger partial charge in [0, 0.05) is 20.2 Å². The first-order chi connectivity index (χ1) is 8.26. The number of guanidine groups is 1. The number of hydrogen-bond acceptors (Lipinski definition) is 5. The number of piperidine rings is 3. The highest BCUT2D eigenvalue weighted by Gasteiger charge is 2.53. The van der Waals surface area contributed by atoms with E-state index in [9.17, 15) is 0 Å². The summed E-state index contributed by atoms with van der Waals surface area (Å²) in [7, 11) is 1.74. The van der Waals surface area contributed by atoms with E-state index in [1.165, 1.54) is 25.9 Å². The van der Waals surface area contributed by atoms with Crippen molar-refractivity contribution in [3.63, 3.8) is 0 Å². The molecule has 0 aromatic carbocycles. The fourth-order valence-electron chi connectivity index (χ4n) is 3.77. The second-order valence-corrected chi connectivity index (χ2v) is 5.47. The van der Waals surface area contributed by atoms with E-state index in [0.29, 0.717) is 0 Å². The van der Waals surface area contributed by atoms with Crippen LogP contribution in [0, 0.1) is 5.92 Å². The Bertz CT molecular complexity index is 324. The second-order valence-electron chi connectivity index (χ2n) is 5.47. The van der Waals surface area contributed by atoms with E-state index >= 15 is 0 Å². The lowest BCUT2D eigenvalue weighted by molar-refractivity contribution is -0.0341. The Morgan fingerprint density at radius 3 is 2.82 bits per heavy atom. The van der Waals surface area contributed by atoms with Crippen LogP contribution in [0.2, 0.25) is 0 Å². The average Bonchev–Trinajstić information content (AvgIpc) is 2.66. The summed E-state index contributed by atoms with van der Waals surface area (Å²) in [6, 6.07) is 0. The van der Waals surface area contributed by atoms with Crippen molar-refractivity contribution in [2.45, 2.75) is 18.4 Å². The standard InChI is InChI=1S/C12H22N4O/c1-17-7-6-16-11(13)14-8-12(16)9-15-4-2-10(12)3-5-15/h10H,2-9H2,1H3,(H2,13,14). The van der Waals surface area contributed by atoms with Crippen molar-refractivity contribution in [2.24, 2.45) is 16.6 Å². The van der Waals surface area contributed by atoms with E-state index in [1.807, 2.05) is 0 Å². The van der Waals surface area contributed by atoms with Gasteiger partial charge in [-0.2, -0.15) is 0 Å². The van der Waals surface area contributed by atoms with Crippen molar-refractivity contribution in [2.75, 3.05) is 46.4 Å². The van der Waals surface area contributed by atoms with Crippen LogP contribution >= 0.6 is 0 Å². The summed E-state index contributed by atoms with van der Waals surface area (Å²) < 4.78 is 5.20. The summed E-state index contributed by atoms with van der Waals surface area (Å²) in [6.07, 6.45) is 2.60. The molecule has 2 N–H and O–H groups in total. The Balaban J connectivity index is 1.81. The van der Waals surface area contributed by atoms with Crippen molar-refractivity contribution in [3.8, 4) is 0 Å². The molecule has 1 unspecified atom stereocenters. The van der Waals surface area contributed by atoms with Crippen molar-refractivity contribution >= 4 is 5.96 Å². The minimum absolute atomic E-state index is 0.180. The molecule has 1 atom stereocenters. The molecule has 2 bridgehead atoms. The summed E-state index contributed by atoms with van der Waals surface area (Å²) in [6.45, 7) is 6.12. The molecule has 0 aromatic rings. The van der Waals surface area contributed by atoms with Crippen LogP contribution in [-0.4, -0.2) is 67.7 Å². The number of hydrogen-bond donors (Lipinski definition) is 1. The van der Waals surface area contributed by atoms with Crippen LogP contribution in [0.25, 0.3) is 0 Å². The van der Waals surface area contributed by atoms with Crippen molar-refractivity contribution in [1.29, 1.82) is 0 Å². The van der Waals surface area contributed by atoms with Crippen molar-refractivity contribution in [1.82, 2.24) is 9.80 Å². The molecule has 3 fully saturated rings. The van der Waals surface area contributed by atoms with Gasteiger partial charge in [-0.1, -0.05) is 0 Å². The SMILES string of the molecule is COCCN1C(N)=NCC12CN1CCC2CC1. The van der Waals surface area contributed by atoms with Gasteiger partial charge in [0.2, 0.25) is 0 Å². The van der Waals surface area contributed by atoms with Crippen LogP contribution < -0.4 is 5.73 Å². The number of methoxy groups -OCH3 is 1. The van der Waals surface area contributed by atoms with Crippen LogP contribution in [0.1, 0.15) is 12.8 Å². The molecule has 0 saturated carbocycles. The minimum Gasteiger partial charge on any atom is -0.383 e. The highest BCUT2D eigenvalue weighted by molar-refractivity contribution is 5.81. The van der Waals surface area contributed by atoms with Gasteiger partial charge in [-0.25, -0.2) is 0 Å². The molecule has 0 radical (unpaired) electrons. The van der Waals surface area contributed by atoms with E-state index in [4.69, 9.17) is 10.5 Å². The van der Waals surface area contributed by atoms with Gasteiger partial charge < -0.3 is 20.3 Å². The molecule has 0 amide bonds. The summed E-state index contributed by atoms with van der Waals surface area (Å²) in [5.41, 5.74) is 6.24. The molecule has 0 aliphatic carbocycles. The zero-order valence-electron chi connectivity index (χ0n) is 10.6. The Kier molecular flexibility index (Phi) is 2.75. The fourth-order valence-corrected chi connectivity index (χ4v) is 3.77. The molecule has 96 valence electrons. The smallest absolute Gasteiger partial charge is 0.192 e. The lowest BCUT2D eigenvalue weighted by atomic mass is 9.72. The third-order valence-corrected chi connectivity index (χ3v) is 4.69. The highest BCUT2D eigenvalue weighted by Crippen LogP contribution is 2.41. The Morgan fingerprint density at radius 2 is 2.24 bits per heavy atom. The van der Waals surface area contributed by atoms with Gasteiger partial charge in [0.15, 0.2) is 5.96 Å². The molecule has 4 aliphatic heterocycles. The Labute approximate surface area is 103 Å². The molecule has 3 saturated heterocycles. The van der Waals surface area contributed by atoms with Crippen molar-refractivity contribution < 1.29 is 4.74 Å². The summed E-state index contributed by atoms with van der Waals surface area (Å²) in [5, 5.41) is 0. The normalized spacial score (nSPS) is 40.1. The molecule has 1 spiro atoms. The van der Waals surface area contributed by atoms with E-state index in [0.717, 1.165) is 38.1 Å². The van der Waals surface area contributed by atoms with Crippen LogP contribution in [0.5, 0.6) is 0 Å². The first kappa shape index (κ1) is 11.3. The summed E-state index contributed by atoms with van der Waals surface area (Å²) >= 11 is 0. The number of ether oxygens (including phenoxy) is 1. The number of nitrogens with zero attached hydrogens (tertiary/aromatic N) is 3. The first-order valence-electron chi connectivity index (χ1n) is 6.55. The van der Waals surface area contributed by atoms with E-state index in [-0.39, 0.29) is 5.54 Å². The zero-order chi connectivity index (χ0) is 11.9. The maximum absolute atomic E-state index is 6.06. The van der Waals surface area contributed by atoms with Gasteiger partial charge in [0.05, 0.1) is 18.7 Å². The van der Waals surface area contributed by atoms with Crippen LogP contribution in [-0.2, 0) is 4.74 Å². The van der Waals surface area contributed by atoms with E-state index in [2.05, 4.69) is 14.8 Å². The van der Waals surface area contributed by atoms with E-state index < -0.39 is 0 Å². The van der Waals surface area contributed by atoms with Gasteiger partial charge in [-0.3, -0.25) is 4.99 Å². The van der Waals surface area contributed by atoms with Gasteiger partial charge in [0.1, 0.15) is 0 Å². The largest absolute Gasteiger partial charge is 0.383 e. The second kappa shape index (κ2) is 4.14. The number of aliphatic imine (C=N–C) groups is 1. The average molecular weight is 238 g/mol. The molecule has 5 nitrogen and oxygen atoms in total. The Hall–Kier alpha value is -0.810. The summed E-state index contributed by atoms with van der Waals surface area (Å²) in [4.78, 5) is 9.38. The predicted molar refractivity (Wildman–Crippen MR) is 67.0 cm³/mol. The minimum atomic E-state index is 0.180. The number of fused-ring (bicyclic) bond motifs is 2. The third kappa shape index (κ3) is 1.64. The van der Waals surface area contributed by atoms with Crippen LogP contribution in [0.3, 0.4) is 0 Å². The van der Waals surface area contributed by atoms with Gasteiger partial charge in [-0.15, -0.1) is 0 Å². The third-order valence-electron chi connectivity index (χ3n) is 4.69. The predicted octanol–water partition coefficient (Wildman–Crippen LogP) is -0.272. The quantitative estimate of drug-likeness (QED) is 0.735. The molecule has 0 aromatic heterocycles. The lowest BCUT2D eigenvalue weighted by Crippen LogP contribution is -2.68. The van der Waals surface area contributed by atoms with Crippen LogP contribution in [0.15, 0.2) is 4.99 Å². The van der Waals surface area contributed by atoms with E-state index in [1.54, 1.807) is 7.11 Å². The highest BCUT2D eigenvalue weighted by atomic mass is 16.5. The summed E-state index contributed by atoms with van der Waals surface area (Å²) in [5.74, 6) is 1.48.